The summed E-state index contributed by atoms with van der Waals surface area (Å²) in [6.45, 7) is 6.73. The first kappa shape index (κ1) is 15.6. The Morgan fingerprint density at radius 2 is 2.16 bits per heavy atom. The number of rotatable bonds is 7. The summed E-state index contributed by atoms with van der Waals surface area (Å²) in [4.78, 5) is 15.9. The summed E-state index contributed by atoms with van der Waals surface area (Å²) < 4.78 is 18.0. The van der Waals surface area contributed by atoms with Crippen molar-refractivity contribution in [1.29, 1.82) is 0 Å². The molecular weight excluding hydrogens is 247 g/mol. The zero-order valence-corrected chi connectivity index (χ0v) is 11.7. The molecule has 1 heterocycles. The maximum Gasteiger partial charge on any atom is 0.308 e. The highest BCUT2D eigenvalue weighted by Gasteiger charge is 2.34. The van der Waals surface area contributed by atoms with E-state index in [1.807, 2.05) is 13.8 Å². The lowest BCUT2D eigenvalue weighted by atomic mass is 9.87. The van der Waals surface area contributed by atoms with Gasteiger partial charge < -0.3 is 10.1 Å². The average Bonchev–Trinajstić information content (AvgIpc) is 2.39. The molecule has 0 fully saturated rings. The van der Waals surface area contributed by atoms with Crippen LogP contribution in [0.3, 0.4) is 0 Å². The van der Waals surface area contributed by atoms with Gasteiger partial charge in [0.1, 0.15) is 5.82 Å². The van der Waals surface area contributed by atoms with Crippen LogP contribution in [0.25, 0.3) is 0 Å². The molecule has 0 saturated carbocycles. The van der Waals surface area contributed by atoms with Gasteiger partial charge in [0.2, 0.25) is 0 Å². The van der Waals surface area contributed by atoms with Gasteiger partial charge in [0.25, 0.3) is 0 Å². The first-order valence-corrected chi connectivity index (χ1v) is 6.60. The molecule has 106 valence electrons. The van der Waals surface area contributed by atoms with E-state index in [2.05, 4.69) is 10.3 Å². The third-order valence-electron chi connectivity index (χ3n) is 3.09. The van der Waals surface area contributed by atoms with E-state index in [0.717, 1.165) is 0 Å². The van der Waals surface area contributed by atoms with Crippen molar-refractivity contribution in [1.82, 2.24) is 10.3 Å². The molecule has 0 aliphatic heterocycles. The number of hydrogen-bond donors (Lipinski definition) is 1. The van der Waals surface area contributed by atoms with Gasteiger partial charge in [-0.1, -0.05) is 13.8 Å². The Bertz CT molecular complexity index is 408. The van der Waals surface area contributed by atoms with Crippen LogP contribution in [0, 0.1) is 5.82 Å². The molecule has 1 unspecified atom stereocenters. The van der Waals surface area contributed by atoms with Crippen LogP contribution in [0.1, 0.15) is 39.3 Å². The predicted octanol–water partition coefficient (Wildman–Crippen LogP) is 2.39. The van der Waals surface area contributed by atoms with Crippen LogP contribution >= 0.6 is 0 Å². The fourth-order valence-corrected chi connectivity index (χ4v) is 2.13. The second-order valence-electron chi connectivity index (χ2n) is 4.31. The molecule has 1 aromatic heterocycles. The number of pyridine rings is 1. The third kappa shape index (κ3) is 3.99. The first-order chi connectivity index (χ1) is 9.07. The van der Waals surface area contributed by atoms with Crippen molar-refractivity contribution < 1.29 is 13.9 Å². The van der Waals surface area contributed by atoms with Crippen LogP contribution in [-0.2, 0) is 15.1 Å². The Balaban J connectivity index is 3.03. The van der Waals surface area contributed by atoms with E-state index >= 15 is 0 Å². The largest absolute Gasteiger partial charge is 0.466 e. The summed E-state index contributed by atoms with van der Waals surface area (Å²) >= 11 is 0. The van der Waals surface area contributed by atoms with E-state index in [-0.39, 0.29) is 18.2 Å². The molecule has 0 aliphatic carbocycles. The molecule has 1 N–H and O–H groups in total. The number of carbonyl (C=O) groups excluding carboxylic acids is 1. The van der Waals surface area contributed by atoms with E-state index in [0.29, 0.717) is 25.3 Å². The lowest BCUT2D eigenvalue weighted by Crippen LogP contribution is -2.44. The number of nitrogens with zero attached hydrogens (tertiary/aromatic N) is 1. The van der Waals surface area contributed by atoms with Crippen molar-refractivity contribution in [2.24, 2.45) is 0 Å². The number of ether oxygens (including phenoxy) is 1. The Labute approximate surface area is 113 Å². The van der Waals surface area contributed by atoms with Gasteiger partial charge in [-0.2, -0.15) is 0 Å². The van der Waals surface area contributed by atoms with Crippen LogP contribution in [0.2, 0.25) is 0 Å². The lowest BCUT2D eigenvalue weighted by molar-refractivity contribution is -0.145. The monoisotopic (exact) mass is 268 g/mol. The molecule has 4 nitrogen and oxygen atoms in total. The molecule has 1 atom stereocenters. The summed E-state index contributed by atoms with van der Waals surface area (Å²) in [6.07, 6.45) is 2.02. The molecule has 0 aromatic carbocycles. The quantitative estimate of drug-likeness (QED) is 0.771. The Morgan fingerprint density at radius 1 is 1.42 bits per heavy atom. The molecule has 5 heteroatoms. The molecule has 0 aliphatic rings. The Kier molecular flexibility index (Phi) is 5.89. The van der Waals surface area contributed by atoms with E-state index in [4.69, 9.17) is 4.74 Å². The smallest absolute Gasteiger partial charge is 0.308 e. The Morgan fingerprint density at radius 3 is 2.63 bits per heavy atom. The molecule has 1 aromatic rings. The summed E-state index contributed by atoms with van der Waals surface area (Å²) in [5, 5.41) is 3.29. The van der Waals surface area contributed by atoms with Gasteiger partial charge in [-0.15, -0.1) is 0 Å². The molecule has 0 spiro atoms. The molecule has 0 amide bonds. The molecule has 1 rings (SSSR count). The normalized spacial score (nSPS) is 13.9. The summed E-state index contributed by atoms with van der Waals surface area (Å²) in [5.41, 5.74) is 0.0561. The molecule has 0 radical (unpaired) electrons. The second kappa shape index (κ2) is 7.19. The minimum atomic E-state index is -0.602. The highest BCUT2D eigenvalue weighted by Crippen LogP contribution is 2.28. The number of carbonyl (C=O) groups is 1. The summed E-state index contributed by atoms with van der Waals surface area (Å²) in [6, 6.07) is 2.97. The maximum absolute atomic E-state index is 13.0. The zero-order valence-electron chi connectivity index (χ0n) is 11.7. The van der Waals surface area contributed by atoms with Crippen LogP contribution in [-0.4, -0.2) is 24.1 Å². The van der Waals surface area contributed by atoms with Crippen LogP contribution in [0.4, 0.5) is 4.39 Å². The van der Waals surface area contributed by atoms with Gasteiger partial charge in [0.05, 0.1) is 30.5 Å². The topological polar surface area (TPSA) is 51.2 Å². The van der Waals surface area contributed by atoms with Crippen molar-refractivity contribution in [3.63, 3.8) is 0 Å². The van der Waals surface area contributed by atoms with E-state index in [9.17, 15) is 9.18 Å². The van der Waals surface area contributed by atoms with Crippen molar-refractivity contribution in [3.05, 3.63) is 29.8 Å². The van der Waals surface area contributed by atoms with Gasteiger partial charge in [-0.05, 0) is 32.0 Å². The number of hydrogen-bond acceptors (Lipinski definition) is 4. The average molecular weight is 268 g/mol. The second-order valence-corrected chi connectivity index (χ2v) is 4.31. The van der Waals surface area contributed by atoms with Crippen LogP contribution < -0.4 is 5.32 Å². The van der Waals surface area contributed by atoms with Gasteiger partial charge >= 0.3 is 5.97 Å². The summed E-state index contributed by atoms with van der Waals surface area (Å²) in [5.74, 6) is -0.669. The minimum Gasteiger partial charge on any atom is -0.466 e. The van der Waals surface area contributed by atoms with Crippen molar-refractivity contribution >= 4 is 5.97 Å². The maximum atomic E-state index is 13.0. The molecule has 19 heavy (non-hydrogen) atoms. The number of halogens is 1. The van der Waals surface area contributed by atoms with Gasteiger partial charge in [0, 0.05) is 0 Å². The number of aromatic nitrogens is 1. The molecule has 0 saturated heterocycles. The fourth-order valence-electron chi connectivity index (χ4n) is 2.13. The van der Waals surface area contributed by atoms with Gasteiger partial charge in [-0.3, -0.25) is 9.78 Å². The minimum absolute atomic E-state index is 0.184. The van der Waals surface area contributed by atoms with E-state index in [1.165, 1.54) is 12.3 Å². The van der Waals surface area contributed by atoms with Crippen molar-refractivity contribution in [2.75, 3.05) is 13.2 Å². The van der Waals surface area contributed by atoms with Crippen molar-refractivity contribution in [3.8, 4) is 0 Å². The van der Waals surface area contributed by atoms with E-state index in [1.54, 1.807) is 13.0 Å². The fraction of sp³-hybridized carbons (Fsp3) is 0.571. The van der Waals surface area contributed by atoms with Crippen LogP contribution in [0.15, 0.2) is 18.3 Å². The predicted molar refractivity (Wildman–Crippen MR) is 71.1 cm³/mol. The molecular formula is C14H21FN2O2. The zero-order chi connectivity index (χ0) is 14.3. The summed E-state index contributed by atoms with van der Waals surface area (Å²) in [7, 11) is 0. The third-order valence-corrected chi connectivity index (χ3v) is 3.09. The number of esters is 1. The first-order valence-electron chi connectivity index (χ1n) is 6.60. The number of nitrogens with one attached hydrogen (secondary N) is 1. The Hall–Kier alpha value is -1.49. The molecule has 0 bridgehead atoms. The SMILES string of the molecule is CCNC(CC)(CC(=O)OCC)c1ccc(F)cn1. The van der Waals surface area contributed by atoms with E-state index < -0.39 is 5.54 Å². The van der Waals surface area contributed by atoms with Crippen LogP contribution in [0.5, 0.6) is 0 Å². The highest BCUT2D eigenvalue weighted by molar-refractivity contribution is 5.71. The highest BCUT2D eigenvalue weighted by atomic mass is 19.1. The van der Waals surface area contributed by atoms with Gasteiger partial charge in [0.15, 0.2) is 0 Å². The van der Waals surface area contributed by atoms with Gasteiger partial charge in [-0.25, -0.2) is 4.39 Å². The standard InChI is InChI=1S/C14H21FN2O2/c1-4-14(17-5-2,9-13(18)19-6-3)12-8-7-11(15)10-16-12/h7-8,10,17H,4-6,9H2,1-3H3. The van der Waals surface area contributed by atoms with Crippen molar-refractivity contribution in [2.45, 2.75) is 39.2 Å². The lowest BCUT2D eigenvalue weighted by Gasteiger charge is -2.32.